The monoisotopic (exact) mass is 374 g/mol. The molecule has 1 atom stereocenters. The van der Waals surface area contributed by atoms with Gasteiger partial charge >= 0.3 is 5.97 Å². The third-order valence-electron chi connectivity index (χ3n) is 3.90. The van der Waals surface area contributed by atoms with E-state index in [1.165, 1.54) is 12.8 Å². The van der Waals surface area contributed by atoms with Crippen LogP contribution in [0.15, 0.2) is 60.8 Å². The van der Waals surface area contributed by atoms with E-state index in [1.54, 1.807) is 0 Å². The molecule has 0 aliphatic carbocycles. The molecule has 152 valence electrons. The summed E-state index contributed by atoms with van der Waals surface area (Å²) in [4.78, 5) is 10.8. The highest BCUT2D eigenvalue weighted by Gasteiger charge is 2.13. The SMILES string of the molecule is CC/C=C\C/C=C\C/C=C\CCCC/C=C\C=C\CCOC(CC)C(=O)O. The van der Waals surface area contributed by atoms with Crippen LogP contribution < -0.4 is 0 Å². The summed E-state index contributed by atoms with van der Waals surface area (Å²) in [5, 5.41) is 8.86. The van der Waals surface area contributed by atoms with Crippen molar-refractivity contribution < 1.29 is 14.6 Å². The Labute approximate surface area is 166 Å². The molecule has 0 saturated heterocycles. The molecule has 0 aromatic rings. The molecule has 0 bridgehead atoms. The zero-order valence-electron chi connectivity index (χ0n) is 17.2. The Morgan fingerprint density at radius 1 is 0.815 bits per heavy atom. The Bertz CT molecular complexity index is 484. The molecule has 1 unspecified atom stereocenters. The van der Waals surface area contributed by atoms with Crippen LogP contribution in [0, 0.1) is 0 Å². The molecule has 3 heteroatoms. The number of aliphatic carboxylic acids is 1. The first-order valence-corrected chi connectivity index (χ1v) is 10.3. The molecule has 1 N–H and O–H groups in total. The van der Waals surface area contributed by atoms with E-state index in [4.69, 9.17) is 9.84 Å². The molecule has 0 spiro atoms. The van der Waals surface area contributed by atoms with Crippen LogP contribution >= 0.6 is 0 Å². The Hall–Kier alpha value is -1.87. The van der Waals surface area contributed by atoms with Gasteiger partial charge in [0.15, 0.2) is 6.10 Å². The molecule has 0 aliphatic heterocycles. The van der Waals surface area contributed by atoms with Crippen LogP contribution in [-0.4, -0.2) is 23.8 Å². The van der Waals surface area contributed by atoms with E-state index in [0.29, 0.717) is 13.0 Å². The number of allylic oxidation sites excluding steroid dienone is 9. The number of hydrogen-bond acceptors (Lipinski definition) is 2. The van der Waals surface area contributed by atoms with Crippen LogP contribution in [0.4, 0.5) is 0 Å². The number of carboxylic acids is 1. The lowest BCUT2D eigenvalue weighted by molar-refractivity contribution is -0.150. The van der Waals surface area contributed by atoms with Gasteiger partial charge in [0.25, 0.3) is 0 Å². The maximum atomic E-state index is 10.8. The summed E-state index contributed by atoms with van der Waals surface area (Å²) in [5.41, 5.74) is 0. The molecule has 0 heterocycles. The first kappa shape index (κ1) is 25.1. The topological polar surface area (TPSA) is 46.5 Å². The molecule has 0 aromatic carbocycles. The van der Waals surface area contributed by atoms with Gasteiger partial charge in [0.1, 0.15) is 0 Å². The van der Waals surface area contributed by atoms with Crippen molar-refractivity contribution in [2.24, 2.45) is 0 Å². The number of unbranched alkanes of at least 4 members (excludes halogenated alkanes) is 3. The minimum absolute atomic E-state index is 0.451. The first-order chi connectivity index (χ1) is 13.2. The molecule has 27 heavy (non-hydrogen) atoms. The third-order valence-corrected chi connectivity index (χ3v) is 3.90. The van der Waals surface area contributed by atoms with Crippen LogP contribution in [0.25, 0.3) is 0 Å². The minimum Gasteiger partial charge on any atom is -0.479 e. The largest absolute Gasteiger partial charge is 0.479 e. The Morgan fingerprint density at radius 2 is 1.37 bits per heavy atom. The molecule has 0 fully saturated rings. The lowest BCUT2D eigenvalue weighted by atomic mass is 10.1. The van der Waals surface area contributed by atoms with Crippen molar-refractivity contribution in [2.45, 2.75) is 77.7 Å². The number of carbonyl (C=O) groups is 1. The van der Waals surface area contributed by atoms with Crippen molar-refractivity contribution in [1.82, 2.24) is 0 Å². The first-order valence-electron chi connectivity index (χ1n) is 10.3. The quantitative estimate of drug-likeness (QED) is 0.173. The summed E-state index contributed by atoms with van der Waals surface area (Å²) in [6, 6.07) is 0. The Kier molecular flexibility index (Phi) is 19.0. The maximum absolute atomic E-state index is 10.8. The number of rotatable bonds is 17. The van der Waals surface area contributed by atoms with E-state index in [2.05, 4.69) is 55.5 Å². The van der Waals surface area contributed by atoms with E-state index in [9.17, 15) is 4.79 Å². The van der Waals surface area contributed by atoms with Crippen molar-refractivity contribution in [2.75, 3.05) is 6.61 Å². The van der Waals surface area contributed by atoms with Crippen LogP contribution in [0.2, 0.25) is 0 Å². The molecular formula is C24H38O3. The van der Waals surface area contributed by atoms with Crippen molar-refractivity contribution in [3.05, 3.63) is 60.8 Å². The van der Waals surface area contributed by atoms with Crippen LogP contribution in [0.3, 0.4) is 0 Å². The zero-order valence-corrected chi connectivity index (χ0v) is 17.2. The predicted molar refractivity (Wildman–Crippen MR) is 116 cm³/mol. The van der Waals surface area contributed by atoms with Crippen molar-refractivity contribution in [3.63, 3.8) is 0 Å². The summed E-state index contributed by atoms with van der Waals surface area (Å²) in [5.74, 6) is -0.882. The minimum atomic E-state index is -0.882. The van der Waals surface area contributed by atoms with Gasteiger partial charge in [0.2, 0.25) is 0 Å². The van der Waals surface area contributed by atoms with Gasteiger partial charge in [0, 0.05) is 0 Å². The summed E-state index contributed by atoms with van der Waals surface area (Å²) in [6.45, 7) is 4.42. The second-order valence-corrected chi connectivity index (χ2v) is 6.33. The highest BCUT2D eigenvalue weighted by Crippen LogP contribution is 2.03. The average molecular weight is 375 g/mol. The number of ether oxygens (including phenoxy) is 1. The average Bonchev–Trinajstić information content (AvgIpc) is 2.66. The van der Waals surface area contributed by atoms with E-state index in [1.807, 2.05) is 19.1 Å². The number of hydrogen-bond donors (Lipinski definition) is 1. The summed E-state index contributed by atoms with van der Waals surface area (Å²) >= 11 is 0. The summed E-state index contributed by atoms with van der Waals surface area (Å²) in [6.07, 6.45) is 30.0. The van der Waals surface area contributed by atoms with Gasteiger partial charge < -0.3 is 9.84 Å². The molecule has 0 saturated carbocycles. The van der Waals surface area contributed by atoms with E-state index >= 15 is 0 Å². The molecule has 0 aromatic heterocycles. The molecular weight excluding hydrogens is 336 g/mol. The smallest absolute Gasteiger partial charge is 0.332 e. The molecule has 0 amide bonds. The zero-order chi connectivity index (χ0) is 20.0. The summed E-state index contributed by atoms with van der Waals surface area (Å²) < 4.78 is 5.29. The van der Waals surface area contributed by atoms with Gasteiger partial charge in [-0.15, -0.1) is 0 Å². The normalized spacial score (nSPS) is 13.9. The van der Waals surface area contributed by atoms with Crippen molar-refractivity contribution in [3.8, 4) is 0 Å². The predicted octanol–water partition coefficient (Wildman–Crippen LogP) is 6.79. The fourth-order valence-corrected chi connectivity index (χ4v) is 2.34. The molecule has 3 nitrogen and oxygen atoms in total. The fraction of sp³-hybridized carbons (Fsp3) is 0.542. The summed E-state index contributed by atoms with van der Waals surface area (Å²) in [7, 11) is 0. The lowest BCUT2D eigenvalue weighted by Crippen LogP contribution is -2.23. The second-order valence-electron chi connectivity index (χ2n) is 6.33. The van der Waals surface area contributed by atoms with E-state index in [0.717, 1.165) is 38.5 Å². The molecule has 0 radical (unpaired) electrons. The van der Waals surface area contributed by atoms with Gasteiger partial charge in [0.05, 0.1) is 6.61 Å². The van der Waals surface area contributed by atoms with Crippen molar-refractivity contribution in [1.29, 1.82) is 0 Å². The molecule has 0 rings (SSSR count). The Balaban J connectivity index is 3.50. The van der Waals surface area contributed by atoms with Gasteiger partial charge in [-0.3, -0.25) is 0 Å². The maximum Gasteiger partial charge on any atom is 0.332 e. The highest BCUT2D eigenvalue weighted by molar-refractivity contribution is 5.72. The van der Waals surface area contributed by atoms with E-state index in [-0.39, 0.29) is 0 Å². The Morgan fingerprint density at radius 3 is 1.96 bits per heavy atom. The van der Waals surface area contributed by atoms with Gasteiger partial charge in [-0.1, -0.05) is 74.6 Å². The van der Waals surface area contributed by atoms with Crippen LogP contribution in [0.5, 0.6) is 0 Å². The van der Waals surface area contributed by atoms with Gasteiger partial charge in [-0.05, 0) is 57.8 Å². The van der Waals surface area contributed by atoms with Gasteiger partial charge in [-0.25, -0.2) is 4.79 Å². The van der Waals surface area contributed by atoms with E-state index < -0.39 is 12.1 Å². The van der Waals surface area contributed by atoms with Crippen LogP contribution in [-0.2, 0) is 9.53 Å². The second kappa shape index (κ2) is 20.4. The van der Waals surface area contributed by atoms with Crippen molar-refractivity contribution >= 4 is 5.97 Å². The lowest BCUT2D eigenvalue weighted by Gasteiger charge is -2.09. The van der Waals surface area contributed by atoms with Crippen LogP contribution in [0.1, 0.15) is 71.6 Å². The molecule has 0 aliphatic rings. The van der Waals surface area contributed by atoms with Gasteiger partial charge in [-0.2, -0.15) is 0 Å². The fourth-order valence-electron chi connectivity index (χ4n) is 2.34. The highest BCUT2D eigenvalue weighted by atomic mass is 16.5. The number of carboxylic acid groups (broad SMARTS) is 1. The standard InChI is InChI=1S/C24H38O3/c1-3-5-6-7-8-9-10-11-12-13-14-15-16-17-18-19-20-21-22-27-23(4-2)24(25)26/h5-6,8-9,11-12,17-20,23H,3-4,7,10,13-16,21-22H2,1-2H3,(H,25,26)/b6-5-,9-8-,12-11-,18-17-,20-19+. The third kappa shape index (κ3) is 18.7.